The second-order valence-corrected chi connectivity index (χ2v) is 5.95. The molecule has 2 rings (SSSR count). The Labute approximate surface area is 152 Å². The van der Waals surface area contributed by atoms with Gasteiger partial charge in [0.1, 0.15) is 0 Å². The summed E-state index contributed by atoms with van der Waals surface area (Å²) in [5.41, 5.74) is 1.25. The minimum atomic E-state index is -1.06. The van der Waals surface area contributed by atoms with Gasteiger partial charge in [0.2, 0.25) is 0 Å². The number of hydrogen-bond acceptors (Lipinski definition) is 4. The van der Waals surface area contributed by atoms with Gasteiger partial charge in [0.25, 0.3) is 0 Å². The number of benzene rings is 2. The van der Waals surface area contributed by atoms with Gasteiger partial charge in [0.05, 0.1) is 12.7 Å². The van der Waals surface area contributed by atoms with Gasteiger partial charge in [0, 0.05) is 22.9 Å². The smallest absolute Gasteiger partial charge is 0.323 e. The van der Waals surface area contributed by atoms with Gasteiger partial charge in [-0.15, -0.1) is 0 Å². The molecule has 0 N–H and O–H groups in total. The monoisotopic (exact) mass is 355 g/mol. The van der Waals surface area contributed by atoms with Crippen molar-refractivity contribution in [1.29, 1.82) is 5.26 Å². The van der Waals surface area contributed by atoms with E-state index in [1.807, 2.05) is 12.1 Å². The summed E-state index contributed by atoms with van der Waals surface area (Å²) >= 11 is 5.92. The third-order valence-electron chi connectivity index (χ3n) is 3.88. The summed E-state index contributed by atoms with van der Waals surface area (Å²) in [5, 5.41) is 10.0. The van der Waals surface area contributed by atoms with Crippen molar-refractivity contribution in [3.63, 3.8) is 0 Å². The van der Waals surface area contributed by atoms with Crippen molar-refractivity contribution >= 4 is 23.4 Å². The Kier molecular flexibility index (Phi) is 6.73. The lowest BCUT2D eigenvalue weighted by atomic mass is 9.82. The molecule has 0 heterocycles. The Morgan fingerprint density at radius 1 is 1.12 bits per heavy atom. The van der Waals surface area contributed by atoms with E-state index in [-0.39, 0.29) is 18.8 Å². The van der Waals surface area contributed by atoms with Crippen LogP contribution in [0.3, 0.4) is 0 Å². The van der Waals surface area contributed by atoms with Crippen LogP contribution < -0.4 is 0 Å². The summed E-state index contributed by atoms with van der Waals surface area (Å²) in [6.45, 7) is 1.86. The van der Waals surface area contributed by atoms with Crippen LogP contribution >= 0.6 is 11.6 Å². The Hall–Kier alpha value is -2.64. The van der Waals surface area contributed by atoms with Gasteiger partial charge in [-0.1, -0.05) is 54.1 Å². The van der Waals surface area contributed by atoms with E-state index in [1.54, 1.807) is 55.5 Å². The number of hydrogen-bond donors (Lipinski definition) is 0. The van der Waals surface area contributed by atoms with E-state index >= 15 is 0 Å². The number of ether oxygens (including phenoxy) is 1. The Morgan fingerprint density at radius 3 is 2.32 bits per heavy atom. The molecule has 0 radical (unpaired) electrons. The van der Waals surface area contributed by atoms with Crippen LogP contribution in [0.1, 0.15) is 35.2 Å². The van der Waals surface area contributed by atoms with Crippen LogP contribution in [0.15, 0.2) is 54.6 Å². The van der Waals surface area contributed by atoms with Gasteiger partial charge in [-0.2, -0.15) is 5.26 Å². The zero-order chi connectivity index (χ0) is 18.2. The highest BCUT2D eigenvalue weighted by Crippen LogP contribution is 2.31. The predicted molar refractivity (Wildman–Crippen MR) is 95.3 cm³/mol. The van der Waals surface area contributed by atoms with Crippen LogP contribution in [0, 0.1) is 17.2 Å². The topological polar surface area (TPSA) is 67.2 Å². The van der Waals surface area contributed by atoms with Gasteiger partial charge in [0.15, 0.2) is 11.7 Å². The van der Waals surface area contributed by atoms with Crippen molar-refractivity contribution in [2.75, 3.05) is 6.61 Å². The zero-order valence-corrected chi connectivity index (χ0v) is 14.6. The van der Waals surface area contributed by atoms with Crippen molar-refractivity contribution in [2.45, 2.75) is 19.3 Å². The average Bonchev–Trinajstić information content (AvgIpc) is 2.63. The van der Waals surface area contributed by atoms with Crippen LogP contribution in [-0.4, -0.2) is 18.4 Å². The molecule has 2 aromatic rings. The van der Waals surface area contributed by atoms with Crippen molar-refractivity contribution in [1.82, 2.24) is 0 Å². The highest BCUT2D eigenvalue weighted by molar-refractivity contribution is 6.30. The minimum absolute atomic E-state index is 0.0304. The maximum absolute atomic E-state index is 12.6. The molecule has 0 amide bonds. The second kappa shape index (κ2) is 9.00. The Balaban J connectivity index is 2.34. The number of esters is 1. The second-order valence-electron chi connectivity index (χ2n) is 5.51. The van der Waals surface area contributed by atoms with Crippen LogP contribution in [0.2, 0.25) is 5.02 Å². The van der Waals surface area contributed by atoms with E-state index in [4.69, 9.17) is 16.3 Å². The third-order valence-corrected chi connectivity index (χ3v) is 4.13. The van der Waals surface area contributed by atoms with Gasteiger partial charge < -0.3 is 4.74 Å². The number of nitriles is 1. The van der Waals surface area contributed by atoms with Gasteiger partial charge in [-0.25, -0.2) is 0 Å². The molecule has 0 aliphatic rings. The largest absolute Gasteiger partial charge is 0.465 e. The van der Waals surface area contributed by atoms with E-state index in [0.29, 0.717) is 16.1 Å². The zero-order valence-electron chi connectivity index (χ0n) is 13.8. The first-order valence-corrected chi connectivity index (χ1v) is 8.34. The van der Waals surface area contributed by atoms with Crippen molar-refractivity contribution in [2.24, 2.45) is 5.92 Å². The molecule has 25 heavy (non-hydrogen) atoms. The van der Waals surface area contributed by atoms with Crippen molar-refractivity contribution in [3.05, 3.63) is 70.7 Å². The number of halogens is 1. The molecule has 5 heteroatoms. The van der Waals surface area contributed by atoms with Crippen LogP contribution in [0.4, 0.5) is 0 Å². The summed E-state index contributed by atoms with van der Waals surface area (Å²) in [5.74, 6) is -2.42. The number of Topliss-reactive ketones (excluding diaryl/α,β-unsaturated/α-hetero) is 1. The van der Waals surface area contributed by atoms with E-state index in [0.717, 1.165) is 0 Å². The molecule has 4 nitrogen and oxygen atoms in total. The van der Waals surface area contributed by atoms with Crippen LogP contribution in [0.5, 0.6) is 0 Å². The van der Waals surface area contributed by atoms with Crippen molar-refractivity contribution in [3.8, 4) is 6.07 Å². The molecule has 0 aliphatic heterocycles. The SMILES string of the molecule is CCOC(=O)C(C#N)C(CC(=O)c1ccccc1)c1ccc(Cl)cc1. The first kappa shape index (κ1) is 18.7. The summed E-state index contributed by atoms with van der Waals surface area (Å²) in [6, 6.07) is 17.6. The molecule has 0 aliphatic carbocycles. The van der Waals surface area contributed by atoms with E-state index in [1.165, 1.54) is 0 Å². The standard InChI is InChI=1S/C20H18ClNO3/c1-2-25-20(24)18(13-22)17(14-8-10-16(21)11-9-14)12-19(23)15-6-4-3-5-7-15/h3-11,17-18H,2,12H2,1H3. The number of carbonyl (C=O) groups is 2. The molecular weight excluding hydrogens is 338 g/mol. The molecular formula is C20H18ClNO3. The Bertz CT molecular complexity index is 766. The summed E-state index contributed by atoms with van der Waals surface area (Å²) < 4.78 is 5.01. The quantitative estimate of drug-likeness (QED) is 0.545. The number of carbonyl (C=O) groups excluding carboxylic acids is 2. The predicted octanol–water partition coefficient (Wildman–Crippen LogP) is 4.40. The van der Waals surface area contributed by atoms with Crippen LogP contribution in [-0.2, 0) is 9.53 Å². The van der Waals surface area contributed by atoms with E-state index < -0.39 is 17.8 Å². The summed E-state index contributed by atoms with van der Waals surface area (Å²) in [7, 11) is 0. The number of rotatable bonds is 7. The fraction of sp³-hybridized carbons (Fsp3) is 0.250. The van der Waals surface area contributed by atoms with Gasteiger partial charge in [-0.3, -0.25) is 9.59 Å². The lowest BCUT2D eigenvalue weighted by molar-refractivity contribution is -0.146. The molecule has 2 atom stereocenters. The first-order chi connectivity index (χ1) is 12.1. The summed E-state index contributed by atoms with van der Waals surface area (Å²) in [4.78, 5) is 24.8. The molecule has 0 bridgehead atoms. The minimum Gasteiger partial charge on any atom is -0.465 e. The molecule has 0 saturated carbocycles. The fourth-order valence-corrected chi connectivity index (χ4v) is 2.74. The number of ketones is 1. The molecule has 2 unspecified atom stereocenters. The lowest BCUT2D eigenvalue weighted by Gasteiger charge is -2.21. The maximum Gasteiger partial charge on any atom is 0.323 e. The normalized spacial score (nSPS) is 12.7. The van der Waals surface area contributed by atoms with Gasteiger partial charge >= 0.3 is 5.97 Å². The highest BCUT2D eigenvalue weighted by atomic mass is 35.5. The Morgan fingerprint density at radius 2 is 1.76 bits per heavy atom. The lowest BCUT2D eigenvalue weighted by Crippen LogP contribution is -2.25. The molecule has 0 fully saturated rings. The fourth-order valence-electron chi connectivity index (χ4n) is 2.62. The average molecular weight is 356 g/mol. The van der Waals surface area contributed by atoms with Crippen molar-refractivity contribution < 1.29 is 14.3 Å². The molecule has 0 saturated heterocycles. The summed E-state index contributed by atoms with van der Waals surface area (Å²) in [6.07, 6.45) is 0.0304. The van der Waals surface area contributed by atoms with Gasteiger partial charge in [-0.05, 0) is 24.6 Å². The molecule has 128 valence electrons. The van der Waals surface area contributed by atoms with E-state index in [2.05, 4.69) is 0 Å². The molecule has 0 spiro atoms. The van der Waals surface area contributed by atoms with Crippen LogP contribution in [0.25, 0.3) is 0 Å². The number of nitrogens with zero attached hydrogens (tertiary/aromatic N) is 1. The third kappa shape index (κ3) is 4.91. The first-order valence-electron chi connectivity index (χ1n) is 7.96. The highest BCUT2D eigenvalue weighted by Gasteiger charge is 2.32. The maximum atomic E-state index is 12.6. The van der Waals surface area contributed by atoms with E-state index in [9.17, 15) is 14.9 Å². The molecule has 0 aromatic heterocycles. The molecule has 2 aromatic carbocycles.